The highest BCUT2D eigenvalue weighted by atomic mass is 19.1. The summed E-state index contributed by atoms with van der Waals surface area (Å²) in [6.07, 6.45) is 9.67. The van der Waals surface area contributed by atoms with Crippen LogP contribution in [0, 0.1) is 24.6 Å². The van der Waals surface area contributed by atoms with Crippen LogP contribution in [0.3, 0.4) is 0 Å². The number of allylic oxidation sites excluding steroid dienone is 2. The number of piperidine rings is 1. The molecule has 2 aliphatic carbocycles. The van der Waals surface area contributed by atoms with Crippen LogP contribution >= 0.6 is 0 Å². The van der Waals surface area contributed by atoms with Crippen molar-refractivity contribution in [3.63, 3.8) is 0 Å². The number of amides is 1. The summed E-state index contributed by atoms with van der Waals surface area (Å²) in [4.78, 5) is 68.4. The number of phenols is 3. The molecule has 2 saturated heterocycles. The van der Waals surface area contributed by atoms with E-state index in [1.165, 1.54) is 71.7 Å². The average Bonchev–Trinajstić information content (AvgIpc) is 1.40. The molecule has 1 unspecified atom stereocenters. The number of aliphatic hydroxyl groups is 2. The lowest BCUT2D eigenvalue weighted by atomic mass is 9.88. The second kappa shape index (κ2) is 23.8. The van der Waals surface area contributed by atoms with Gasteiger partial charge < -0.3 is 85.9 Å². The number of aliphatic hydroxyl groups excluding tert-OH is 2. The number of nitrogens with one attached hydrogen (secondary N) is 2. The van der Waals surface area contributed by atoms with Gasteiger partial charge in [0.25, 0.3) is 11.7 Å². The number of carboxylic acids is 1. The molecule has 11 rings (SSSR count). The fraction of sp³-hybridized carbons (Fsp3) is 0.508. The molecule has 0 radical (unpaired) electrons. The van der Waals surface area contributed by atoms with Crippen molar-refractivity contribution in [1.29, 1.82) is 0 Å². The molecule has 3 aromatic carbocycles. The summed E-state index contributed by atoms with van der Waals surface area (Å²) in [6, 6.07) is -1.51. The SMILES string of the molecule is COc1c(N2CCC(C3(NC4CCN(/N=C/c5c6c(O)c7c(O)c(C)c8c(c7c5O)C(=O)[C@@](C)(O/C=C/[C@H](OC)C[C@@H](OC(C)=O)[C@H](N)[C@H](O)[C@H](N)[C@@H](O)[C@@H](C)/C=C/C=C(/C)C(=O)N6)O8)CC4)CC3)C2)c(F)cc2c(=O)c(C(=O)O)cn(C3CC3)c12. The number of carboxylic acid groups (broad SMARTS) is 1. The van der Waals surface area contributed by atoms with Crippen LogP contribution in [-0.4, -0.2) is 164 Å². The Labute approximate surface area is 494 Å². The van der Waals surface area contributed by atoms with Gasteiger partial charge in [-0.05, 0) is 76.9 Å². The van der Waals surface area contributed by atoms with Gasteiger partial charge in [0.2, 0.25) is 5.43 Å². The summed E-state index contributed by atoms with van der Waals surface area (Å²) in [7, 11) is 2.78. The Hall–Kier alpha value is -7.81. The fourth-order valence-corrected chi connectivity index (χ4v) is 12.6. The minimum Gasteiger partial charge on any atom is -0.507 e. The maximum atomic E-state index is 16.3. The molecule has 4 aromatic rings. The number of phenolic OH excluding ortho intramolecular Hbond substituents is 3. The van der Waals surface area contributed by atoms with Gasteiger partial charge in [0.15, 0.2) is 17.3 Å². The van der Waals surface area contributed by atoms with Gasteiger partial charge >= 0.3 is 17.7 Å². The van der Waals surface area contributed by atoms with E-state index in [1.54, 1.807) is 16.5 Å². The van der Waals surface area contributed by atoms with Crippen molar-refractivity contribution in [3.05, 3.63) is 86.7 Å². The number of carbonyl (C=O) groups is 4. The Bertz CT molecular complexity index is 3590. The first-order valence-electron chi connectivity index (χ1n) is 28.9. The van der Waals surface area contributed by atoms with Gasteiger partial charge in [-0.1, -0.05) is 25.2 Å². The van der Waals surface area contributed by atoms with Gasteiger partial charge in [-0.3, -0.25) is 24.2 Å². The number of halogens is 1. The summed E-state index contributed by atoms with van der Waals surface area (Å²) in [6.45, 7) is 8.90. The van der Waals surface area contributed by atoms with E-state index in [0.717, 1.165) is 51.4 Å². The van der Waals surface area contributed by atoms with Gasteiger partial charge in [0, 0.05) is 99.8 Å². The van der Waals surface area contributed by atoms with Crippen LogP contribution in [0.25, 0.3) is 21.7 Å². The molecule has 25 heteroatoms. The van der Waals surface area contributed by atoms with Crippen molar-refractivity contribution in [3.8, 4) is 28.7 Å². The molecular formula is C61H75FN8O16. The molecule has 9 atom stereocenters. The number of nitrogens with zero attached hydrogens (tertiary/aromatic N) is 4. The number of methoxy groups -OCH3 is 2. The van der Waals surface area contributed by atoms with Crippen LogP contribution in [0.15, 0.2) is 58.3 Å². The van der Waals surface area contributed by atoms with Crippen LogP contribution in [0.1, 0.15) is 117 Å². The Morgan fingerprint density at radius 1 is 0.953 bits per heavy atom. The van der Waals surface area contributed by atoms with Crippen LogP contribution in [0.2, 0.25) is 0 Å². The second-order valence-electron chi connectivity index (χ2n) is 23.7. The standard InChI is InChI=1S/C61H75FN8O16/c1-28-9-8-10-29(2)58(79)66-46-37(52(75)41-42(53(46)76)50(73)30(3)55-43(41)57(78)60(5,86-55)84-22-16-35(82-6)23-40(85-31(4)71)44(63)54(77)45(64)49(28)72)25-65-69-20-14-33(15-21-69)67-61(17-18-61)32-13-19-68(26-32)48-39(62)24-36-47(56(48)83-7)70(34-11-12-34)27-38(51(36)74)59(80)81/h8-10,16,22,24-25,27-28,32-35,40,44-45,49,54,67,72-73,75-77H,11-15,17-21,23,26,63-64H2,1-7H3,(H,66,79)(H,80,81)/b9-8+,22-16+,29-10-,65-25+/t28-,32?,35-,40+,44-,45+,49-,54-,60-/m0/s1. The van der Waals surface area contributed by atoms with Gasteiger partial charge in [-0.2, -0.15) is 5.10 Å². The first kappa shape index (κ1) is 61.3. The lowest BCUT2D eigenvalue weighted by Gasteiger charge is -2.35. The van der Waals surface area contributed by atoms with Crippen LogP contribution in [0.4, 0.5) is 15.8 Å². The molecule has 1 aromatic heterocycles. The molecule has 0 spiro atoms. The highest BCUT2D eigenvalue weighted by Crippen LogP contribution is 2.56. The maximum absolute atomic E-state index is 16.3. The number of Topliss-reactive ketones (excluding diaryl/α,β-unsaturated/α-hetero) is 1. The number of fused-ring (bicyclic) bond motifs is 15. The number of ketones is 1. The van der Waals surface area contributed by atoms with Crippen molar-refractivity contribution < 1.29 is 77.9 Å². The largest absolute Gasteiger partial charge is 0.507 e. The Balaban J connectivity index is 0.918. The number of pyridine rings is 1. The van der Waals surface area contributed by atoms with E-state index < -0.39 is 106 Å². The van der Waals surface area contributed by atoms with Gasteiger partial charge in [-0.15, -0.1) is 0 Å². The summed E-state index contributed by atoms with van der Waals surface area (Å²) in [5.41, 5.74) is 11.3. The number of carbonyl (C=O) groups excluding carboxylic acids is 3. The van der Waals surface area contributed by atoms with Crippen LogP contribution in [-0.2, 0) is 23.8 Å². The van der Waals surface area contributed by atoms with Crippen LogP contribution < -0.4 is 41.9 Å². The summed E-state index contributed by atoms with van der Waals surface area (Å²) in [5, 5.41) is 81.3. The van der Waals surface area contributed by atoms with Crippen molar-refractivity contribution in [2.24, 2.45) is 28.4 Å². The number of ether oxygens (including phenoxy) is 5. The fourth-order valence-electron chi connectivity index (χ4n) is 12.6. The number of aromatic nitrogens is 1. The number of aromatic hydroxyl groups is 3. The number of aromatic carboxylic acids is 1. The molecule has 2 saturated carbocycles. The third kappa shape index (κ3) is 11.3. The predicted octanol–water partition coefficient (Wildman–Crippen LogP) is 4.83. The lowest BCUT2D eigenvalue weighted by molar-refractivity contribution is -0.151. The number of benzene rings is 3. The van der Waals surface area contributed by atoms with Crippen LogP contribution in [0.5, 0.6) is 28.7 Å². The third-order valence-electron chi connectivity index (χ3n) is 18.0. The topological polar surface area (TPSA) is 353 Å². The Kier molecular flexibility index (Phi) is 17.0. The zero-order chi connectivity index (χ0) is 62.0. The molecule has 6 heterocycles. The van der Waals surface area contributed by atoms with Gasteiger partial charge in [0.1, 0.15) is 34.6 Å². The van der Waals surface area contributed by atoms with E-state index in [9.17, 15) is 54.6 Å². The number of nitrogens with two attached hydrogens (primary N) is 2. The number of hydrogen-bond acceptors (Lipinski definition) is 21. The zero-order valence-electron chi connectivity index (χ0n) is 49.0. The van der Waals surface area contributed by atoms with Crippen molar-refractivity contribution >= 4 is 62.9 Å². The molecule has 1 amide bonds. The van der Waals surface area contributed by atoms with E-state index in [4.69, 9.17) is 40.3 Å². The first-order chi connectivity index (χ1) is 40.8. The molecule has 5 bridgehead atoms. The highest BCUT2D eigenvalue weighted by Gasteiger charge is 2.53. The zero-order valence-corrected chi connectivity index (χ0v) is 49.0. The highest BCUT2D eigenvalue weighted by molar-refractivity contribution is 6.24. The van der Waals surface area contributed by atoms with Crippen molar-refractivity contribution in [2.75, 3.05) is 50.6 Å². The molecule has 24 nitrogen and oxygen atoms in total. The molecule has 12 N–H and O–H groups in total. The predicted molar refractivity (Wildman–Crippen MR) is 314 cm³/mol. The van der Waals surface area contributed by atoms with E-state index >= 15 is 4.39 Å². The molecule has 5 aliphatic heterocycles. The second-order valence-corrected chi connectivity index (χ2v) is 23.7. The number of hydrazone groups is 1. The van der Waals surface area contributed by atoms with E-state index in [0.29, 0.717) is 44.5 Å². The molecule has 462 valence electrons. The summed E-state index contributed by atoms with van der Waals surface area (Å²) in [5.74, 6) is -9.00. The molecule has 4 fully saturated rings. The Morgan fingerprint density at radius 2 is 1.66 bits per heavy atom. The van der Waals surface area contributed by atoms with E-state index in [-0.39, 0.29) is 91.3 Å². The third-order valence-corrected chi connectivity index (χ3v) is 18.0. The molecule has 7 aliphatic rings. The number of rotatable bonds is 11. The van der Waals surface area contributed by atoms with E-state index in [1.807, 2.05) is 4.90 Å². The lowest BCUT2D eigenvalue weighted by Crippen LogP contribution is -2.59. The summed E-state index contributed by atoms with van der Waals surface area (Å²) < 4.78 is 47.2. The number of hydrogen-bond donors (Lipinski definition) is 10. The minimum atomic E-state index is -2.15. The normalized spacial score (nSPS) is 28.8. The molecule has 86 heavy (non-hydrogen) atoms. The average molecular weight is 1200 g/mol. The Morgan fingerprint density at radius 3 is 2.30 bits per heavy atom. The van der Waals surface area contributed by atoms with Gasteiger partial charge in [0.05, 0.1) is 83.1 Å². The molecular weight excluding hydrogens is 1120 g/mol. The number of anilines is 2. The first-order valence-corrected chi connectivity index (χ1v) is 28.9. The monoisotopic (exact) mass is 1190 g/mol. The summed E-state index contributed by atoms with van der Waals surface area (Å²) >= 11 is 0. The number of esters is 1. The van der Waals surface area contributed by atoms with Crippen molar-refractivity contribution in [2.45, 2.75) is 146 Å². The smallest absolute Gasteiger partial charge is 0.341 e. The van der Waals surface area contributed by atoms with E-state index in [2.05, 4.69) is 10.6 Å². The van der Waals surface area contributed by atoms with Gasteiger partial charge in [-0.25, -0.2) is 9.18 Å². The minimum absolute atomic E-state index is 0.00707. The maximum Gasteiger partial charge on any atom is 0.341 e. The quantitative estimate of drug-likeness (QED) is 0.0416. The van der Waals surface area contributed by atoms with Crippen molar-refractivity contribution in [1.82, 2.24) is 14.9 Å².